The average molecular weight is 352 g/mol. The fourth-order valence-corrected chi connectivity index (χ4v) is 3.18. The lowest BCUT2D eigenvalue weighted by molar-refractivity contribution is -0.128. The van der Waals surface area contributed by atoms with E-state index in [-0.39, 0.29) is 5.91 Å². The van der Waals surface area contributed by atoms with Crippen molar-refractivity contribution < 1.29 is 9.59 Å². The van der Waals surface area contributed by atoms with Crippen LogP contribution in [0.5, 0.6) is 0 Å². The topological polar surface area (TPSA) is 78.7 Å². The molecule has 3 amide bonds. The lowest BCUT2D eigenvalue weighted by Crippen LogP contribution is -2.64. The third-order valence-corrected chi connectivity index (χ3v) is 4.70. The fourth-order valence-electron chi connectivity index (χ4n) is 3.18. The summed E-state index contributed by atoms with van der Waals surface area (Å²) in [4.78, 5) is 27.6. The molecule has 6 nitrogen and oxygen atoms in total. The van der Waals surface area contributed by atoms with E-state index in [2.05, 4.69) is 34.5 Å². The first-order chi connectivity index (χ1) is 12.5. The van der Waals surface area contributed by atoms with Crippen molar-refractivity contribution in [1.29, 1.82) is 0 Å². The van der Waals surface area contributed by atoms with Gasteiger partial charge >= 0.3 is 6.03 Å². The molecule has 0 aromatic heterocycles. The first-order valence-electron chi connectivity index (χ1n) is 8.68. The zero-order chi connectivity index (χ0) is 18.5. The molecule has 136 valence electrons. The van der Waals surface area contributed by atoms with E-state index in [1.807, 2.05) is 36.4 Å². The second kappa shape index (κ2) is 8.12. The molecule has 0 spiro atoms. The number of nitrogens with zero attached hydrogens (tertiary/aromatic N) is 2. The minimum absolute atomic E-state index is 0.313. The number of carbonyl (C=O) groups is 2. The summed E-state index contributed by atoms with van der Waals surface area (Å²) in [5.74, 6) is -0.795. The van der Waals surface area contributed by atoms with Gasteiger partial charge in [0.25, 0.3) is 0 Å². The number of benzene rings is 2. The largest absolute Gasteiger partial charge is 0.325 e. The van der Waals surface area contributed by atoms with E-state index in [4.69, 9.17) is 5.73 Å². The lowest BCUT2D eigenvalue weighted by atomic mass is 10.0. The van der Waals surface area contributed by atoms with Gasteiger partial charge in [-0.25, -0.2) is 4.79 Å². The van der Waals surface area contributed by atoms with Gasteiger partial charge in [0.2, 0.25) is 5.91 Å². The number of carbonyl (C=O) groups excluding carboxylic acids is 2. The van der Waals surface area contributed by atoms with Gasteiger partial charge in [-0.2, -0.15) is 0 Å². The summed E-state index contributed by atoms with van der Waals surface area (Å²) in [7, 11) is 1.61. The highest BCUT2D eigenvalue weighted by Crippen LogP contribution is 2.17. The summed E-state index contributed by atoms with van der Waals surface area (Å²) < 4.78 is 0. The Hall–Kier alpha value is -2.70. The quantitative estimate of drug-likeness (QED) is 0.830. The van der Waals surface area contributed by atoms with Gasteiger partial charge in [-0.05, 0) is 11.1 Å². The molecule has 2 aromatic carbocycles. The minimum atomic E-state index is -0.634. The third kappa shape index (κ3) is 4.28. The molecule has 1 aliphatic rings. The van der Waals surface area contributed by atoms with Crippen LogP contribution in [-0.4, -0.2) is 41.5 Å². The Morgan fingerprint density at radius 1 is 0.962 bits per heavy atom. The summed E-state index contributed by atoms with van der Waals surface area (Å²) in [6.45, 7) is 1.86. The molecule has 2 unspecified atom stereocenters. The van der Waals surface area contributed by atoms with Crippen molar-refractivity contribution in [3.63, 3.8) is 0 Å². The van der Waals surface area contributed by atoms with Crippen molar-refractivity contribution in [1.82, 2.24) is 15.1 Å². The lowest BCUT2D eigenvalue weighted by Gasteiger charge is -2.38. The highest BCUT2D eigenvalue weighted by atomic mass is 16.2. The van der Waals surface area contributed by atoms with Crippen LogP contribution in [0.3, 0.4) is 0 Å². The van der Waals surface area contributed by atoms with Gasteiger partial charge in [-0.1, -0.05) is 60.7 Å². The number of hydrogen-bond donors (Lipinski definition) is 2. The van der Waals surface area contributed by atoms with Crippen molar-refractivity contribution in [2.45, 2.75) is 19.3 Å². The normalized spacial score (nSPS) is 20.3. The molecule has 0 saturated carbocycles. The second-order valence-corrected chi connectivity index (χ2v) is 6.64. The monoisotopic (exact) mass is 352 g/mol. The summed E-state index contributed by atoms with van der Waals surface area (Å²) in [5, 5.41) is 2.38. The number of amides is 3. The van der Waals surface area contributed by atoms with Crippen LogP contribution in [0.1, 0.15) is 11.1 Å². The van der Waals surface area contributed by atoms with Gasteiger partial charge in [0.15, 0.2) is 0 Å². The van der Waals surface area contributed by atoms with Gasteiger partial charge in [0.1, 0.15) is 0 Å². The molecule has 1 heterocycles. The van der Waals surface area contributed by atoms with Crippen LogP contribution in [0.2, 0.25) is 0 Å². The maximum atomic E-state index is 12.3. The van der Waals surface area contributed by atoms with Gasteiger partial charge in [0, 0.05) is 26.7 Å². The average Bonchev–Trinajstić information content (AvgIpc) is 2.65. The fraction of sp³-hybridized carbons (Fsp3) is 0.300. The van der Waals surface area contributed by atoms with Gasteiger partial charge < -0.3 is 10.6 Å². The number of nitrogens with two attached hydrogens (primary N) is 1. The van der Waals surface area contributed by atoms with Crippen LogP contribution in [-0.2, 0) is 17.9 Å². The van der Waals surface area contributed by atoms with Gasteiger partial charge in [-0.15, -0.1) is 0 Å². The van der Waals surface area contributed by atoms with E-state index in [9.17, 15) is 9.59 Å². The standard InChI is InChI=1S/C20H24N4O2/c1-23-18(21)17(19(25)22-20(23)26)14-24(12-15-8-4-2-5-9-15)13-16-10-6-3-7-11-16/h2-11,17-18H,12-14,21H2,1H3,(H,22,25,26). The molecule has 26 heavy (non-hydrogen) atoms. The summed E-state index contributed by atoms with van der Waals surface area (Å²) in [5.41, 5.74) is 8.48. The summed E-state index contributed by atoms with van der Waals surface area (Å²) >= 11 is 0. The number of imide groups is 1. The SMILES string of the molecule is CN1C(=O)NC(=O)C(CN(Cc2ccccc2)Cc2ccccc2)C1N. The Balaban J connectivity index is 1.78. The Labute approximate surface area is 153 Å². The zero-order valence-corrected chi connectivity index (χ0v) is 14.8. The van der Waals surface area contributed by atoms with Crippen molar-refractivity contribution >= 4 is 11.9 Å². The smallest absolute Gasteiger partial charge is 0.311 e. The molecule has 0 radical (unpaired) electrons. The van der Waals surface area contributed by atoms with Gasteiger partial charge in [-0.3, -0.25) is 15.0 Å². The molecular weight excluding hydrogens is 328 g/mol. The first-order valence-corrected chi connectivity index (χ1v) is 8.68. The first kappa shape index (κ1) is 18.1. The molecule has 1 saturated heterocycles. The molecular formula is C20H24N4O2. The maximum absolute atomic E-state index is 12.3. The summed E-state index contributed by atoms with van der Waals surface area (Å²) in [6, 6.07) is 19.8. The van der Waals surface area contributed by atoms with E-state index in [0.29, 0.717) is 19.6 Å². The molecule has 1 aliphatic heterocycles. The van der Waals surface area contributed by atoms with Crippen molar-refractivity contribution in [2.75, 3.05) is 13.6 Å². The Bertz CT molecular complexity index is 709. The van der Waals surface area contributed by atoms with Crippen LogP contribution in [0.15, 0.2) is 60.7 Å². The molecule has 1 fully saturated rings. The molecule has 0 aliphatic carbocycles. The Morgan fingerprint density at radius 3 is 1.96 bits per heavy atom. The number of urea groups is 1. The van der Waals surface area contributed by atoms with Crippen LogP contribution < -0.4 is 11.1 Å². The van der Waals surface area contributed by atoms with Crippen molar-refractivity contribution in [2.24, 2.45) is 11.7 Å². The molecule has 3 rings (SSSR count). The second-order valence-electron chi connectivity index (χ2n) is 6.64. The van der Waals surface area contributed by atoms with Crippen molar-refractivity contribution in [3.05, 3.63) is 71.8 Å². The molecule has 3 N–H and O–H groups in total. The van der Waals surface area contributed by atoms with Gasteiger partial charge in [0.05, 0.1) is 12.1 Å². The van der Waals surface area contributed by atoms with Crippen LogP contribution in [0.4, 0.5) is 4.79 Å². The zero-order valence-electron chi connectivity index (χ0n) is 14.8. The highest BCUT2D eigenvalue weighted by Gasteiger charge is 2.38. The predicted molar refractivity (Wildman–Crippen MR) is 99.8 cm³/mol. The predicted octanol–water partition coefficient (Wildman–Crippen LogP) is 1.77. The molecule has 2 atom stereocenters. The Morgan fingerprint density at radius 2 is 1.46 bits per heavy atom. The van der Waals surface area contributed by atoms with E-state index >= 15 is 0 Å². The maximum Gasteiger partial charge on any atom is 0.325 e. The third-order valence-electron chi connectivity index (χ3n) is 4.70. The minimum Gasteiger partial charge on any atom is -0.311 e. The molecule has 6 heteroatoms. The highest BCUT2D eigenvalue weighted by molar-refractivity contribution is 5.98. The van der Waals surface area contributed by atoms with E-state index in [0.717, 1.165) is 11.1 Å². The van der Waals surface area contributed by atoms with E-state index in [1.165, 1.54) is 4.90 Å². The number of hydrogen-bond acceptors (Lipinski definition) is 4. The summed E-state index contributed by atoms with van der Waals surface area (Å²) in [6.07, 6.45) is -0.634. The van der Waals surface area contributed by atoms with E-state index in [1.54, 1.807) is 7.05 Å². The number of rotatable bonds is 6. The van der Waals surface area contributed by atoms with E-state index < -0.39 is 18.1 Å². The molecule has 2 aromatic rings. The van der Waals surface area contributed by atoms with Crippen molar-refractivity contribution in [3.8, 4) is 0 Å². The van der Waals surface area contributed by atoms with Crippen LogP contribution in [0.25, 0.3) is 0 Å². The molecule has 0 bridgehead atoms. The Kier molecular flexibility index (Phi) is 5.65. The van der Waals surface area contributed by atoms with Crippen LogP contribution >= 0.6 is 0 Å². The van der Waals surface area contributed by atoms with Crippen LogP contribution in [0, 0.1) is 5.92 Å². The number of nitrogens with one attached hydrogen (secondary N) is 1.